The Bertz CT molecular complexity index is 616. The lowest BCUT2D eigenvalue weighted by Crippen LogP contribution is -2.44. The summed E-state index contributed by atoms with van der Waals surface area (Å²) in [5, 5.41) is 11.8. The van der Waals surface area contributed by atoms with Gasteiger partial charge in [-0.3, -0.25) is 4.79 Å². The van der Waals surface area contributed by atoms with E-state index in [2.05, 4.69) is 24.1 Å². The Kier molecular flexibility index (Phi) is 6.18. The number of amides is 1. The largest absolute Gasteiger partial charge is 0.479 e. The van der Waals surface area contributed by atoms with E-state index in [9.17, 15) is 19.1 Å². The summed E-state index contributed by atoms with van der Waals surface area (Å²) in [5.41, 5.74) is 0.252. The molecule has 1 heterocycles. The zero-order chi connectivity index (χ0) is 17.9. The maximum atomic E-state index is 13.2. The van der Waals surface area contributed by atoms with E-state index in [1.807, 2.05) is 0 Å². The molecule has 24 heavy (non-hydrogen) atoms. The van der Waals surface area contributed by atoms with Crippen molar-refractivity contribution in [1.29, 1.82) is 0 Å². The highest BCUT2D eigenvalue weighted by Gasteiger charge is 2.30. The van der Waals surface area contributed by atoms with Crippen molar-refractivity contribution in [2.75, 3.05) is 13.1 Å². The van der Waals surface area contributed by atoms with E-state index in [1.54, 1.807) is 0 Å². The Labute approximate surface area is 145 Å². The average Bonchev–Trinajstić information content (AvgIpc) is 2.55. The number of aliphatic carboxylic acids is 1. The fourth-order valence-electron chi connectivity index (χ4n) is 2.92. The number of rotatable bonds is 5. The number of carboxylic acid groups (broad SMARTS) is 1. The number of nitrogens with zero attached hydrogens (tertiary/aromatic N) is 1. The number of likely N-dealkylation sites (tertiary alicyclic amines) is 1. The molecular formula is C17H22ClFN2O3. The zero-order valence-electron chi connectivity index (χ0n) is 13.8. The standard InChI is InChI=1S/C17H22ClFN2O3/c1-10(2)21-7-5-11(6-8-21)16(22)20-15(17(23)24)12-3-4-14(19)13(18)9-12/h3-4,9-11,15H,5-8H2,1-2H3,(H,20,22)(H,23,24)/t15-/m1/s1. The number of carbonyl (C=O) groups excluding carboxylic acids is 1. The number of halogens is 2. The molecule has 2 rings (SSSR count). The van der Waals surface area contributed by atoms with Crippen LogP contribution in [0, 0.1) is 11.7 Å². The predicted octanol–water partition coefficient (Wildman–Crippen LogP) is 2.84. The third-order valence-corrected chi connectivity index (χ3v) is 4.73. The van der Waals surface area contributed by atoms with Crippen molar-refractivity contribution in [3.63, 3.8) is 0 Å². The fourth-order valence-corrected chi connectivity index (χ4v) is 3.11. The SMILES string of the molecule is CC(C)N1CCC(C(=O)N[C@@H](C(=O)O)c2ccc(F)c(Cl)c2)CC1. The van der Waals surface area contributed by atoms with Crippen LogP contribution in [-0.2, 0) is 9.59 Å². The first kappa shape index (κ1) is 18.7. The molecule has 1 aliphatic heterocycles. The van der Waals surface area contributed by atoms with Crippen molar-refractivity contribution in [2.24, 2.45) is 5.92 Å². The van der Waals surface area contributed by atoms with Crippen molar-refractivity contribution in [1.82, 2.24) is 10.2 Å². The smallest absolute Gasteiger partial charge is 0.330 e. The van der Waals surface area contributed by atoms with E-state index < -0.39 is 17.8 Å². The van der Waals surface area contributed by atoms with Crippen LogP contribution in [0.3, 0.4) is 0 Å². The van der Waals surface area contributed by atoms with Crippen LogP contribution in [-0.4, -0.2) is 41.0 Å². The van der Waals surface area contributed by atoms with Gasteiger partial charge in [0.25, 0.3) is 0 Å². The van der Waals surface area contributed by atoms with Crippen LogP contribution in [0.4, 0.5) is 4.39 Å². The monoisotopic (exact) mass is 356 g/mol. The van der Waals surface area contributed by atoms with Crippen molar-refractivity contribution in [3.8, 4) is 0 Å². The Hall–Kier alpha value is -1.66. The minimum Gasteiger partial charge on any atom is -0.479 e. The third kappa shape index (κ3) is 4.45. The minimum absolute atomic E-state index is 0.168. The first-order chi connectivity index (χ1) is 11.3. The van der Waals surface area contributed by atoms with Crippen LogP contribution in [0.25, 0.3) is 0 Å². The molecular weight excluding hydrogens is 335 g/mol. The lowest BCUT2D eigenvalue weighted by molar-refractivity contribution is -0.143. The fraction of sp³-hybridized carbons (Fsp3) is 0.529. The maximum Gasteiger partial charge on any atom is 0.330 e. The summed E-state index contributed by atoms with van der Waals surface area (Å²) in [6.45, 7) is 5.85. The molecule has 0 bridgehead atoms. The normalized spacial score (nSPS) is 17.7. The van der Waals surface area contributed by atoms with Crippen LogP contribution in [0.5, 0.6) is 0 Å². The van der Waals surface area contributed by atoms with Crippen LogP contribution in [0.2, 0.25) is 5.02 Å². The van der Waals surface area contributed by atoms with Crippen LogP contribution in [0.1, 0.15) is 38.3 Å². The highest BCUT2D eigenvalue weighted by Crippen LogP contribution is 2.24. The summed E-state index contributed by atoms with van der Waals surface area (Å²) in [7, 11) is 0. The summed E-state index contributed by atoms with van der Waals surface area (Å²) in [4.78, 5) is 26.2. The number of nitrogens with one attached hydrogen (secondary N) is 1. The molecule has 7 heteroatoms. The predicted molar refractivity (Wildman–Crippen MR) is 89.4 cm³/mol. The number of carbonyl (C=O) groups is 2. The average molecular weight is 357 g/mol. The van der Waals surface area contributed by atoms with Crippen LogP contribution >= 0.6 is 11.6 Å². The molecule has 132 valence electrons. The van der Waals surface area contributed by atoms with Crippen molar-refractivity contribution in [3.05, 3.63) is 34.6 Å². The molecule has 1 saturated heterocycles. The van der Waals surface area contributed by atoms with Crippen molar-refractivity contribution < 1.29 is 19.1 Å². The summed E-state index contributed by atoms with van der Waals surface area (Å²) in [5.74, 6) is -2.33. The molecule has 0 spiro atoms. The summed E-state index contributed by atoms with van der Waals surface area (Å²) >= 11 is 5.71. The van der Waals surface area contributed by atoms with Gasteiger partial charge in [-0.2, -0.15) is 0 Å². The molecule has 1 fully saturated rings. The van der Waals surface area contributed by atoms with Gasteiger partial charge in [0, 0.05) is 12.0 Å². The van der Waals surface area contributed by atoms with Gasteiger partial charge in [0.05, 0.1) is 5.02 Å². The minimum atomic E-state index is -1.24. The Morgan fingerprint density at radius 3 is 2.46 bits per heavy atom. The molecule has 0 unspecified atom stereocenters. The van der Waals surface area contributed by atoms with E-state index in [-0.39, 0.29) is 22.4 Å². The maximum absolute atomic E-state index is 13.2. The van der Waals surface area contributed by atoms with Gasteiger partial charge in [0.15, 0.2) is 6.04 Å². The number of hydrogen-bond donors (Lipinski definition) is 2. The van der Waals surface area contributed by atoms with E-state index in [4.69, 9.17) is 11.6 Å². The Balaban J connectivity index is 2.04. The molecule has 1 aromatic carbocycles. The molecule has 1 aromatic rings. The van der Waals surface area contributed by atoms with E-state index in [0.717, 1.165) is 19.2 Å². The van der Waals surface area contributed by atoms with Gasteiger partial charge in [-0.25, -0.2) is 9.18 Å². The second-order valence-corrected chi connectivity index (χ2v) is 6.76. The summed E-state index contributed by atoms with van der Waals surface area (Å²) in [6, 6.07) is 2.85. The van der Waals surface area contributed by atoms with E-state index in [1.165, 1.54) is 12.1 Å². The summed E-state index contributed by atoms with van der Waals surface area (Å²) in [6.07, 6.45) is 1.39. The zero-order valence-corrected chi connectivity index (χ0v) is 14.5. The molecule has 0 aromatic heterocycles. The lowest BCUT2D eigenvalue weighted by atomic mass is 9.94. The molecule has 0 radical (unpaired) electrons. The third-order valence-electron chi connectivity index (χ3n) is 4.44. The van der Waals surface area contributed by atoms with Gasteiger partial charge in [-0.1, -0.05) is 17.7 Å². The topological polar surface area (TPSA) is 69.6 Å². The van der Waals surface area contributed by atoms with Gasteiger partial charge in [-0.05, 0) is 57.5 Å². The molecule has 5 nitrogen and oxygen atoms in total. The van der Waals surface area contributed by atoms with Crippen molar-refractivity contribution in [2.45, 2.75) is 38.8 Å². The highest BCUT2D eigenvalue weighted by atomic mass is 35.5. The molecule has 2 N–H and O–H groups in total. The molecule has 0 saturated carbocycles. The second kappa shape index (κ2) is 7.94. The molecule has 1 aliphatic rings. The quantitative estimate of drug-likeness (QED) is 0.851. The summed E-state index contributed by atoms with van der Waals surface area (Å²) < 4.78 is 13.2. The number of carboxylic acids is 1. The first-order valence-electron chi connectivity index (χ1n) is 8.01. The van der Waals surface area contributed by atoms with Crippen molar-refractivity contribution >= 4 is 23.5 Å². The van der Waals surface area contributed by atoms with Gasteiger partial charge in [-0.15, -0.1) is 0 Å². The molecule has 1 amide bonds. The van der Waals surface area contributed by atoms with Gasteiger partial charge < -0.3 is 15.3 Å². The van der Waals surface area contributed by atoms with Gasteiger partial charge in [0.1, 0.15) is 5.82 Å². The Morgan fingerprint density at radius 2 is 1.96 bits per heavy atom. The Morgan fingerprint density at radius 1 is 1.33 bits per heavy atom. The number of piperidine rings is 1. The number of hydrogen-bond acceptors (Lipinski definition) is 3. The lowest BCUT2D eigenvalue weighted by Gasteiger charge is -2.34. The second-order valence-electron chi connectivity index (χ2n) is 6.36. The number of benzene rings is 1. The van der Waals surface area contributed by atoms with Gasteiger partial charge in [0.2, 0.25) is 5.91 Å². The van der Waals surface area contributed by atoms with Crippen LogP contribution in [0.15, 0.2) is 18.2 Å². The molecule has 1 atom stereocenters. The van der Waals surface area contributed by atoms with Gasteiger partial charge >= 0.3 is 5.97 Å². The first-order valence-corrected chi connectivity index (χ1v) is 8.39. The van der Waals surface area contributed by atoms with Crippen LogP contribution < -0.4 is 5.32 Å². The van der Waals surface area contributed by atoms with E-state index >= 15 is 0 Å². The molecule has 0 aliphatic carbocycles. The highest BCUT2D eigenvalue weighted by molar-refractivity contribution is 6.30. The van der Waals surface area contributed by atoms with E-state index in [0.29, 0.717) is 18.9 Å².